The highest BCUT2D eigenvalue weighted by molar-refractivity contribution is 9.10. The second-order valence-corrected chi connectivity index (χ2v) is 5.87. The first-order valence-electron chi connectivity index (χ1n) is 6.98. The Labute approximate surface area is 145 Å². The predicted octanol–water partition coefficient (Wildman–Crippen LogP) is 3.58. The van der Waals surface area contributed by atoms with Crippen LogP contribution in [0.15, 0.2) is 40.9 Å². The molecule has 3 rings (SSSR count). The van der Waals surface area contributed by atoms with Crippen molar-refractivity contribution in [3.63, 3.8) is 0 Å². The highest BCUT2D eigenvalue weighted by Gasteiger charge is 2.22. The molecular formula is C16H12BrNO6. The topological polar surface area (TPSA) is 87.9 Å². The van der Waals surface area contributed by atoms with Crippen molar-refractivity contribution in [2.24, 2.45) is 0 Å². The van der Waals surface area contributed by atoms with Crippen molar-refractivity contribution in [1.29, 1.82) is 0 Å². The molecule has 0 saturated heterocycles. The Morgan fingerprint density at radius 2 is 2.12 bits per heavy atom. The lowest BCUT2D eigenvalue weighted by molar-refractivity contribution is -0.385. The van der Waals surface area contributed by atoms with Gasteiger partial charge in [0.15, 0.2) is 6.79 Å². The number of carbonyl (C=O) groups is 1. The van der Waals surface area contributed by atoms with Crippen molar-refractivity contribution < 1.29 is 23.9 Å². The molecule has 0 bridgehead atoms. The number of rotatable bonds is 4. The van der Waals surface area contributed by atoms with Crippen molar-refractivity contribution in [1.82, 2.24) is 0 Å². The number of nitro benzene ring substituents is 1. The first-order chi connectivity index (χ1) is 11.6. The van der Waals surface area contributed by atoms with Crippen LogP contribution < -0.4 is 4.74 Å². The zero-order valence-corrected chi connectivity index (χ0v) is 13.9. The normalized spacial score (nSPS) is 12.9. The SMILES string of the molecule is O=C(OCc1cc([N+](=O)[O-])cc2c1OCOC2)c1ccccc1Br. The summed E-state index contributed by atoms with van der Waals surface area (Å²) in [5.41, 5.74) is 1.26. The number of nitrogens with zero attached hydrogens (tertiary/aromatic N) is 1. The van der Waals surface area contributed by atoms with Gasteiger partial charge in [0.1, 0.15) is 12.4 Å². The maximum Gasteiger partial charge on any atom is 0.339 e. The fourth-order valence-electron chi connectivity index (χ4n) is 2.34. The zero-order chi connectivity index (χ0) is 17.1. The molecule has 1 aliphatic heterocycles. The van der Waals surface area contributed by atoms with Gasteiger partial charge >= 0.3 is 5.97 Å². The van der Waals surface area contributed by atoms with Gasteiger partial charge < -0.3 is 14.2 Å². The molecule has 2 aromatic rings. The van der Waals surface area contributed by atoms with Crippen LogP contribution in [0.5, 0.6) is 5.75 Å². The van der Waals surface area contributed by atoms with E-state index in [1.807, 2.05) is 0 Å². The number of hydrogen-bond acceptors (Lipinski definition) is 6. The van der Waals surface area contributed by atoms with Crippen LogP contribution in [0, 0.1) is 10.1 Å². The Kier molecular flexibility index (Phi) is 4.77. The monoisotopic (exact) mass is 393 g/mol. The smallest absolute Gasteiger partial charge is 0.339 e. The molecule has 0 N–H and O–H groups in total. The van der Waals surface area contributed by atoms with Crippen LogP contribution in [0.2, 0.25) is 0 Å². The number of carbonyl (C=O) groups excluding carboxylic acids is 1. The average Bonchev–Trinajstić information content (AvgIpc) is 2.59. The molecule has 2 aromatic carbocycles. The van der Waals surface area contributed by atoms with Gasteiger partial charge in [0.05, 0.1) is 17.1 Å². The van der Waals surface area contributed by atoms with E-state index in [2.05, 4.69) is 15.9 Å². The molecule has 0 spiro atoms. The Bertz CT molecular complexity index is 807. The summed E-state index contributed by atoms with van der Waals surface area (Å²) in [6.07, 6.45) is 0. The third kappa shape index (κ3) is 3.39. The molecule has 124 valence electrons. The molecule has 24 heavy (non-hydrogen) atoms. The van der Waals surface area contributed by atoms with Crippen LogP contribution in [0.3, 0.4) is 0 Å². The van der Waals surface area contributed by atoms with E-state index in [9.17, 15) is 14.9 Å². The second-order valence-electron chi connectivity index (χ2n) is 5.02. The molecule has 0 unspecified atom stereocenters. The number of ether oxygens (including phenoxy) is 3. The molecule has 0 atom stereocenters. The van der Waals surface area contributed by atoms with Gasteiger partial charge in [-0.1, -0.05) is 12.1 Å². The predicted molar refractivity (Wildman–Crippen MR) is 86.6 cm³/mol. The Balaban J connectivity index is 1.84. The van der Waals surface area contributed by atoms with Crippen LogP contribution in [0.25, 0.3) is 0 Å². The van der Waals surface area contributed by atoms with Gasteiger partial charge in [0.25, 0.3) is 5.69 Å². The van der Waals surface area contributed by atoms with E-state index >= 15 is 0 Å². The van der Waals surface area contributed by atoms with Gasteiger partial charge in [-0.2, -0.15) is 0 Å². The van der Waals surface area contributed by atoms with Gasteiger partial charge in [-0.15, -0.1) is 0 Å². The minimum absolute atomic E-state index is 0.0516. The zero-order valence-electron chi connectivity index (χ0n) is 12.4. The molecule has 0 aromatic heterocycles. The summed E-state index contributed by atoms with van der Waals surface area (Å²) in [5.74, 6) is -0.0680. The Morgan fingerprint density at radius 3 is 2.88 bits per heavy atom. The first-order valence-corrected chi connectivity index (χ1v) is 7.78. The summed E-state index contributed by atoms with van der Waals surface area (Å²) >= 11 is 3.28. The lowest BCUT2D eigenvalue weighted by atomic mass is 10.1. The summed E-state index contributed by atoms with van der Waals surface area (Å²) in [4.78, 5) is 22.7. The molecule has 0 aliphatic carbocycles. The summed E-state index contributed by atoms with van der Waals surface area (Å²) in [6.45, 7) is 0.127. The maximum absolute atomic E-state index is 12.2. The van der Waals surface area contributed by atoms with E-state index in [4.69, 9.17) is 14.2 Å². The quantitative estimate of drug-likeness (QED) is 0.448. The van der Waals surface area contributed by atoms with Crippen molar-refractivity contribution in [2.75, 3.05) is 6.79 Å². The third-order valence-corrected chi connectivity index (χ3v) is 4.13. The van der Waals surface area contributed by atoms with Crippen molar-refractivity contribution in [3.05, 3.63) is 67.7 Å². The van der Waals surface area contributed by atoms with E-state index in [0.717, 1.165) is 0 Å². The molecular weight excluding hydrogens is 382 g/mol. The van der Waals surface area contributed by atoms with Crippen molar-refractivity contribution in [2.45, 2.75) is 13.2 Å². The molecule has 8 heteroatoms. The first kappa shape index (κ1) is 16.4. The van der Waals surface area contributed by atoms with Gasteiger partial charge in [0.2, 0.25) is 0 Å². The lowest BCUT2D eigenvalue weighted by Gasteiger charge is -2.20. The molecule has 7 nitrogen and oxygen atoms in total. The maximum atomic E-state index is 12.2. The molecule has 1 aliphatic rings. The standard InChI is InChI=1S/C16H12BrNO6/c17-14-4-2-1-3-13(14)16(19)23-8-11-6-12(18(20)21)5-10-7-22-9-24-15(10)11/h1-6H,7-9H2. The van der Waals surface area contributed by atoms with Gasteiger partial charge in [-0.3, -0.25) is 10.1 Å². The molecule has 0 saturated carbocycles. The number of non-ortho nitro benzene ring substituents is 1. The summed E-state index contributed by atoms with van der Waals surface area (Å²) in [7, 11) is 0. The highest BCUT2D eigenvalue weighted by Crippen LogP contribution is 2.33. The fourth-order valence-corrected chi connectivity index (χ4v) is 2.79. The van der Waals surface area contributed by atoms with E-state index in [-0.39, 0.29) is 25.7 Å². The van der Waals surface area contributed by atoms with Gasteiger partial charge in [0, 0.05) is 27.7 Å². The van der Waals surface area contributed by atoms with Gasteiger partial charge in [-0.05, 0) is 28.1 Å². The van der Waals surface area contributed by atoms with Crippen LogP contribution in [0.1, 0.15) is 21.5 Å². The Hall–Kier alpha value is -2.45. The number of hydrogen-bond donors (Lipinski definition) is 0. The summed E-state index contributed by atoms with van der Waals surface area (Å²) in [5, 5.41) is 11.1. The van der Waals surface area contributed by atoms with E-state index < -0.39 is 10.9 Å². The molecule has 0 fully saturated rings. The van der Waals surface area contributed by atoms with Crippen LogP contribution >= 0.6 is 15.9 Å². The number of halogens is 1. The van der Waals surface area contributed by atoms with Gasteiger partial charge in [-0.25, -0.2) is 4.79 Å². The minimum Gasteiger partial charge on any atom is -0.467 e. The number of esters is 1. The van der Waals surface area contributed by atoms with Crippen molar-refractivity contribution in [3.8, 4) is 5.75 Å². The number of nitro groups is 1. The third-order valence-electron chi connectivity index (χ3n) is 3.44. The lowest BCUT2D eigenvalue weighted by Crippen LogP contribution is -2.15. The van der Waals surface area contributed by atoms with Crippen LogP contribution in [-0.4, -0.2) is 17.7 Å². The van der Waals surface area contributed by atoms with Crippen LogP contribution in [-0.2, 0) is 22.7 Å². The highest BCUT2D eigenvalue weighted by atomic mass is 79.9. The molecule has 1 heterocycles. The molecule has 0 amide bonds. The van der Waals surface area contributed by atoms with Crippen molar-refractivity contribution >= 4 is 27.6 Å². The van der Waals surface area contributed by atoms with Crippen LogP contribution in [0.4, 0.5) is 5.69 Å². The average molecular weight is 394 g/mol. The number of fused-ring (bicyclic) bond motifs is 1. The summed E-state index contributed by atoms with van der Waals surface area (Å²) < 4.78 is 16.4. The largest absolute Gasteiger partial charge is 0.467 e. The van der Waals surface area contributed by atoms with E-state index in [0.29, 0.717) is 26.9 Å². The molecule has 0 radical (unpaired) electrons. The Morgan fingerprint density at radius 1 is 1.33 bits per heavy atom. The second kappa shape index (κ2) is 6.98. The summed E-state index contributed by atoms with van der Waals surface area (Å²) in [6, 6.07) is 9.60. The van der Waals surface area contributed by atoms with E-state index in [1.54, 1.807) is 24.3 Å². The van der Waals surface area contributed by atoms with E-state index in [1.165, 1.54) is 12.1 Å². The minimum atomic E-state index is -0.533. The fraction of sp³-hybridized carbons (Fsp3) is 0.188. The number of benzene rings is 2.